The van der Waals surface area contributed by atoms with E-state index in [4.69, 9.17) is 14.5 Å². The van der Waals surface area contributed by atoms with Gasteiger partial charge in [-0.2, -0.15) is 0 Å². The minimum Gasteiger partial charge on any atom is -0.497 e. The van der Waals surface area contributed by atoms with Crippen LogP contribution >= 0.6 is 11.3 Å². The second-order valence-electron chi connectivity index (χ2n) is 8.74. The fourth-order valence-corrected chi connectivity index (χ4v) is 5.35. The van der Waals surface area contributed by atoms with Crippen molar-refractivity contribution in [1.29, 1.82) is 0 Å². The molecule has 0 atom stereocenters. The molecule has 3 heterocycles. The fourth-order valence-electron chi connectivity index (χ4n) is 4.25. The molecule has 0 aliphatic carbocycles. The van der Waals surface area contributed by atoms with Gasteiger partial charge in [0, 0.05) is 55.7 Å². The number of aromatic nitrogens is 3. The number of nitrogens with zero attached hydrogens (tertiary/aromatic N) is 5. The van der Waals surface area contributed by atoms with Gasteiger partial charge >= 0.3 is 0 Å². The summed E-state index contributed by atoms with van der Waals surface area (Å²) >= 11 is 1.80. The van der Waals surface area contributed by atoms with Gasteiger partial charge < -0.3 is 18.9 Å². The first-order chi connectivity index (χ1) is 17.2. The number of anilines is 1. The van der Waals surface area contributed by atoms with Crippen LogP contribution < -0.4 is 9.64 Å². The van der Waals surface area contributed by atoms with E-state index in [0.29, 0.717) is 0 Å². The molecule has 0 saturated carbocycles. The van der Waals surface area contributed by atoms with Crippen molar-refractivity contribution in [3.8, 4) is 11.4 Å². The zero-order chi connectivity index (χ0) is 24.0. The molecular formula is C27H31N5O2S. The van der Waals surface area contributed by atoms with Gasteiger partial charge in [0.25, 0.3) is 0 Å². The fraction of sp³-hybridized carbons (Fsp3) is 0.333. The Labute approximate surface area is 210 Å². The van der Waals surface area contributed by atoms with Crippen molar-refractivity contribution in [3.63, 3.8) is 0 Å². The van der Waals surface area contributed by atoms with E-state index in [1.54, 1.807) is 24.6 Å². The topological polar surface area (TPSA) is 55.7 Å². The lowest BCUT2D eigenvalue weighted by Gasteiger charge is -2.26. The number of rotatable bonds is 9. The van der Waals surface area contributed by atoms with Crippen LogP contribution in [0.3, 0.4) is 0 Å². The van der Waals surface area contributed by atoms with E-state index in [1.807, 2.05) is 29.2 Å². The molecule has 2 aromatic heterocycles. The normalized spacial score (nSPS) is 14.2. The Balaban J connectivity index is 1.39. The highest BCUT2D eigenvalue weighted by Crippen LogP contribution is 2.30. The van der Waals surface area contributed by atoms with E-state index >= 15 is 0 Å². The second kappa shape index (κ2) is 11.0. The van der Waals surface area contributed by atoms with Crippen LogP contribution in [0.5, 0.6) is 5.75 Å². The molecule has 2 aromatic carbocycles. The first-order valence-corrected chi connectivity index (χ1v) is 12.7. The number of thiazole rings is 1. The summed E-state index contributed by atoms with van der Waals surface area (Å²) in [6.07, 6.45) is 5.57. The van der Waals surface area contributed by atoms with Crippen LogP contribution in [0.2, 0.25) is 0 Å². The number of morpholine rings is 1. The SMILES string of the molecule is COc1cccc(CN(Cc2ccc(-n3ccnc3)cc2)c2nc(C)c(CN3CCOCC3)s2)c1. The third kappa shape index (κ3) is 5.90. The van der Waals surface area contributed by atoms with E-state index in [1.165, 1.54) is 16.0 Å². The summed E-state index contributed by atoms with van der Waals surface area (Å²) in [5.74, 6) is 0.871. The molecule has 1 aliphatic heterocycles. The Bertz CT molecular complexity index is 1220. The molecule has 4 aromatic rings. The predicted octanol–water partition coefficient (Wildman–Crippen LogP) is 4.68. The molecule has 0 bridgehead atoms. The molecule has 1 fully saturated rings. The third-order valence-electron chi connectivity index (χ3n) is 6.24. The number of aryl methyl sites for hydroxylation is 1. The van der Waals surface area contributed by atoms with Crippen molar-refractivity contribution in [2.24, 2.45) is 0 Å². The molecule has 35 heavy (non-hydrogen) atoms. The minimum absolute atomic E-state index is 0.754. The van der Waals surface area contributed by atoms with Crippen molar-refractivity contribution >= 4 is 16.5 Å². The van der Waals surface area contributed by atoms with Crippen LogP contribution in [0.15, 0.2) is 67.3 Å². The van der Waals surface area contributed by atoms with Crippen LogP contribution in [0.4, 0.5) is 5.13 Å². The first-order valence-electron chi connectivity index (χ1n) is 11.9. The monoisotopic (exact) mass is 489 g/mol. The van der Waals surface area contributed by atoms with Crippen molar-refractivity contribution in [1.82, 2.24) is 19.4 Å². The smallest absolute Gasteiger partial charge is 0.186 e. The maximum Gasteiger partial charge on any atom is 0.186 e. The Morgan fingerprint density at radius 3 is 2.60 bits per heavy atom. The Kier molecular flexibility index (Phi) is 7.42. The molecule has 1 saturated heterocycles. The standard InChI is InChI=1S/C27H31N5O2S/c1-21-26(19-30-12-14-34-15-13-30)35-27(29-21)32(18-23-4-3-5-25(16-23)33-2)17-22-6-8-24(9-7-22)31-11-10-28-20-31/h3-11,16,20H,12-15,17-19H2,1-2H3. The zero-order valence-corrected chi connectivity index (χ0v) is 21.1. The molecule has 7 nitrogen and oxygen atoms in total. The van der Waals surface area contributed by atoms with Crippen molar-refractivity contribution in [2.75, 3.05) is 38.3 Å². The average Bonchev–Trinajstić information content (AvgIpc) is 3.55. The molecule has 1 aliphatic rings. The van der Waals surface area contributed by atoms with Crippen molar-refractivity contribution in [2.45, 2.75) is 26.6 Å². The first kappa shape index (κ1) is 23.5. The van der Waals surface area contributed by atoms with Gasteiger partial charge in [-0.05, 0) is 42.3 Å². The number of imidazole rings is 1. The lowest BCUT2D eigenvalue weighted by Crippen LogP contribution is -2.35. The largest absolute Gasteiger partial charge is 0.497 e. The number of hydrogen-bond acceptors (Lipinski definition) is 7. The summed E-state index contributed by atoms with van der Waals surface area (Å²) in [4.78, 5) is 15.3. The third-order valence-corrected chi connectivity index (χ3v) is 7.45. The average molecular weight is 490 g/mol. The van der Waals surface area contributed by atoms with Crippen LogP contribution in [0.25, 0.3) is 5.69 Å². The molecule has 0 amide bonds. The van der Waals surface area contributed by atoms with Crippen LogP contribution in [0, 0.1) is 6.92 Å². The summed E-state index contributed by atoms with van der Waals surface area (Å²) in [6, 6.07) is 16.9. The Hall–Kier alpha value is -3.20. The lowest BCUT2D eigenvalue weighted by atomic mass is 10.1. The summed E-state index contributed by atoms with van der Waals surface area (Å²) < 4.78 is 13.0. The van der Waals surface area contributed by atoms with Gasteiger partial charge in [0.15, 0.2) is 5.13 Å². The van der Waals surface area contributed by atoms with Crippen LogP contribution in [-0.4, -0.2) is 52.8 Å². The van der Waals surface area contributed by atoms with Gasteiger partial charge in [0.05, 0.1) is 32.3 Å². The number of methoxy groups -OCH3 is 1. The summed E-state index contributed by atoms with van der Waals surface area (Å²) in [5, 5.41) is 1.05. The van der Waals surface area contributed by atoms with Crippen molar-refractivity contribution in [3.05, 3.63) is 88.9 Å². The van der Waals surface area contributed by atoms with Gasteiger partial charge in [-0.25, -0.2) is 9.97 Å². The second-order valence-corrected chi connectivity index (χ2v) is 9.80. The summed E-state index contributed by atoms with van der Waals surface area (Å²) in [7, 11) is 1.71. The van der Waals surface area contributed by atoms with E-state index in [-0.39, 0.29) is 0 Å². The predicted molar refractivity (Wildman–Crippen MR) is 139 cm³/mol. The molecule has 0 spiro atoms. The van der Waals surface area contributed by atoms with Crippen LogP contribution in [-0.2, 0) is 24.4 Å². The maximum absolute atomic E-state index is 5.52. The van der Waals surface area contributed by atoms with E-state index in [2.05, 4.69) is 58.1 Å². The molecule has 0 radical (unpaired) electrons. The van der Waals surface area contributed by atoms with E-state index in [9.17, 15) is 0 Å². The number of ether oxygens (including phenoxy) is 2. The van der Waals surface area contributed by atoms with Crippen molar-refractivity contribution < 1.29 is 9.47 Å². The van der Waals surface area contributed by atoms with Gasteiger partial charge in [0.1, 0.15) is 5.75 Å². The highest BCUT2D eigenvalue weighted by molar-refractivity contribution is 7.15. The maximum atomic E-state index is 5.52. The molecular weight excluding hydrogens is 458 g/mol. The highest BCUT2D eigenvalue weighted by Gasteiger charge is 2.19. The van der Waals surface area contributed by atoms with Gasteiger partial charge in [0.2, 0.25) is 0 Å². The molecule has 0 N–H and O–H groups in total. The quantitative estimate of drug-likeness (QED) is 0.340. The van der Waals surface area contributed by atoms with E-state index < -0.39 is 0 Å². The van der Waals surface area contributed by atoms with Gasteiger partial charge in [-0.3, -0.25) is 4.90 Å². The minimum atomic E-state index is 0.754. The molecule has 182 valence electrons. The Morgan fingerprint density at radius 1 is 1.06 bits per heavy atom. The summed E-state index contributed by atoms with van der Waals surface area (Å²) in [6.45, 7) is 8.14. The Morgan fingerprint density at radius 2 is 1.86 bits per heavy atom. The van der Waals surface area contributed by atoms with Crippen LogP contribution in [0.1, 0.15) is 21.7 Å². The molecule has 5 rings (SSSR count). The lowest BCUT2D eigenvalue weighted by molar-refractivity contribution is 0.0345. The molecule has 8 heteroatoms. The zero-order valence-electron chi connectivity index (χ0n) is 20.3. The van der Waals surface area contributed by atoms with Gasteiger partial charge in [-0.15, -0.1) is 11.3 Å². The molecule has 0 unspecified atom stereocenters. The van der Waals surface area contributed by atoms with Gasteiger partial charge in [-0.1, -0.05) is 24.3 Å². The van der Waals surface area contributed by atoms with E-state index in [0.717, 1.165) is 68.2 Å². The number of benzene rings is 2. The number of hydrogen-bond donors (Lipinski definition) is 0. The summed E-state index contributed by atoms with van der Waals surface area (Å²) in [5.41, 5.74) is 4.65. The highest BCUT2D eigenvalue weighted by atomic mass is 32.1.